The zero-order chi connectivity index (χ0) is 13.8. The molecule has 0 aromatic heterocycles. The second kappa shape index (κ2) is 6.05. The Hall–Kier alpha value is -1.57. The maximum absolute atomic E-state index is 11.0. The van der Waals surface area contributed by atoms with Crippen LogP contribution in [0.2, 0.25) is 0 Å². The third kappa shape index (κ3) is 3.25. The van der Waals surface area contributed by atoms with Gasteiger partial charge in [0.05, 0.1) is 6.04 Å². The number of benzene rings is 1. The van der Waals surface area contributed by atoms with E-state index in [0.717, 1.165) is 18.7 Å². The molecule has 1 fully saturated rings. The van der Waals surface area contributed by atoms with E-state index < -0.39 is 11.1 Å². The summed E-state index contributed by atoms with van der Waals surface area (Å²) >= 11 is -2.27. The average Bonchev–Trinajstić information content (AvgIpc) is 2.33. The van der Waals surface area contributed by atoms with Crippen molar-refractivity contribution in [2.45, 2.75) is 17.9 Å². The standard InChI is InChI=1S/C12H16N4O2S/c1-8-3-4-10(19(17)18)5-11(8)12(13-2)16-15-9-6-14-7-9/h3-5,9,14-15H,2,6-7H2,1H3,(H,17,18)/p-1/b16-12-. The Morgan fingerprint density at radius 2 is 2.32 bits per heavy atom. The second-order valence-corrected chi connectivity index (χ2v) is 5.23. The van der Waals surface area contributed by atoms with E-state index in [0.29, 0.717) is 11.4 Å². The highest BCUT2D eigenvalue weighted by atomic mass is 32.2. The predicted octanol–water partition coefficient (Wildman–Crippen LogP) is 0.157. The van der Waals surface area contributed by atoms with Gasteiger partial charge in [-0.1, -0.05) is 6.07 Å². The first kappa shape index (κ1) is 13.9. The zero-order valence-electron chi connectivity index (χ0n) is 10.5. The number of hydrogen-bond donors (Lipinski definition) is 2. The molecule has 1 aliphatic heterocycles. The highest BCUT2D eigenvalue weighted by Crippen LogP contribution is 2.15. The van der Waals surface area contributed by atoms with Crippen LogP contribution in [0.4, 0.5) is 0 Å². The molecule has 1 saturated heterocycles. The fourth-order valence-corrected chi connectivity index (χ4v) is 2.05. The molecular weight excluding hydrogens is 264 g/mol. The minimum Gasteiger partial charge on any atom is -0.768 e. The van der Waals surface area contributed by atoms with Crippen molar-refractivity contribution in [3.05, 3.63) is 29.3 Å². The first-order valence-electron chi connectivity index (χ1n) is 5.82. The molecule has 1 aromatic carbocycles. The molecule has 1 aliphatic rings. The molecule has 6 nitrogen and oxygen atoms in total. The third-order valence-corrected chi connectivity index (χ3v) is 3.57. The molecule has 0 aliphatic carbocycles. The number of amidine groups is 1. The quantitative estimate of drug-likeness (QED) is 0.355. The summed E-state index contributed by atoms with van der Waals surface area (Å²) in [6.07, 6.45) is 0. The van der Waals surface area contributed by atoms with Crippen LogP contribution >= 0.6 is 0 Å². The molecule has 0 amide bonds. The summed E-state index contributed by atoms with van der Waals surface area (Å²) in [7, 11) is 0. The molecule has 0 bridgehead atoms. The highest BCUT2D eigenvalue weighted by Gasteiger charge is 2.15. The molecule has 7 heteroatoms. The smallest absolute Gasteiger partial charge is 0.178 e. The van der Waals surface area contributed by atoms with Gasteiger partial charge in [0.15, 0.2) is 5.84 Å². The first-order chi connectivity index (χ1) is 9.11. The summed E-state index contributed by atoms with van der Waals surface area (Å²) in [5.41, 5.74) is 4.54. The molecule has 0 radical (unpaired) electrons. The predicted molar refractivity (Wildman–Crippen MR) is 74.2 cm³/mol. The summed E-state index contributed by atoms with van der Waals surface area (Å²) in [4.78, 5) is 4.08. The Morgan fingerprint density at radius 1 is 1.58 bits per heavy atom. The van der Waals surface area contributed by atoms with Gasteiger partial charge in [0.1, 0.15) is 0 Å². The largest absolute Gasteiger partial charge is 0.768 e. The van der Waals surface area contributed by atoms with Gasteiger partial charge in [-0.3, -0.25) is 4.21 Å². The van der Waals surface area contributed by atoms with Crippen LogP contribution in [0.1, 0.15) is 11.1 Å². The van der Waals surface area contributed by atoms with Gasteiger partial charge in [0, 0.05) is 23.5 Å². The highest BCUT2D eigenvalue weighted by molar-refractivity contribution is 7.79. The Kier molecular flexibility index (Phi) is 4.41. The van der Waals surface area contributed by atoms with E-state index in [9.17, 15) is 8.76 Å². The van der Waals surface area contributed by atoms with Gasteiger partial charge in [-0.25, -0.2) is 4.99 Å². The van der Waals surface area contributed by atoms with E-state index in [2.05, 4.69) is 27.6 Å². The van der Waals surface area contributed by atoms with Crippen molar-refractivity contribution in [1.29, 1.82) is 0 Å². The minimum absolute atomic E-state index is 0.210. The van der Waals surface area contributed by atoms with Crippen LogP contribution in [-0.2, 0) is 11.1 Å². The monoisotopic (exact) mass is 279 g/mol. The van der Waals surface area contributed by atoms with E-state index in [4.69, 9.17) is 0 Å². The first-order valence-corrected chi connectivity index (χ1v) is 6.90. The zero-order valence-corrected chi connectivity index (χ0v) is 11.4. The lowest BCUT2D eigenvalue weighted by Gasteiger charge is -2.26. The van der Waals surface area contributed by atoms with Crippen molar-refractivity contribution in [1.82, 2.24) is 10.7 Å². The van der Waals surface area contributed by atoms with Gasteiger partial charge in [-0.05, 0) is 42.4 Å². The van der Waals surface area contributed by atoms with E-state index in [1.54, 1.807) is 18.2 Å². The van der Waals surface area contributed by atoms with Crippen LogP contribution in [0.3, 0.4) is 0 Å². The molecule has 0 spiro atoms. The topological polar surface area (TPSA) is 88.9 Å². The molecule has 102 valence electrons. The van der Waals surface area contributed by atoms with Gasteiger partial charge < -0.3 is 15.3 Å². The number of aryl methyl sites for hydroxylation is 1. The van der Waals surface area contributed by atoms with Gasteiger partial charge in [0.2, 0.25) is 0 Å². The van der Waals surface area contributed by atoms with Crippen LogP contribution in [0, 0.1) is 6.92 Å². The van der Waals surface area contributed by atoms with Crippen molar-refractivity contribution >= 4 is 23.6 Å². The van der Waals surface area contributed by atoms with E-state index in [-0.39, 0.29) is 10.9 Å². The fourth-order valence-electron chi connectivity index (χ4n) is 1.66. The number of aliphatic imine (C=N–C) groups is 1. The Labute approximate surface area is 114 Å². The summed E-state index contributed by atoms with van der Waals surface area (Å²) in [5, 5.41) is 7.31. The van der Waals surface area contributed by atoms with Crippen LogP contribution in [0.15, 0.2) is 33.2 Å². The number of hydrazone groups is 1. The molecule has 0 saturated carbocycles. The number of hydrogen-bond acceptors (Lipinski definition) is 5. The SMILES string of the molecule is C=N/C(=N\NC1CNC1)c1cc(S(=O)[O-])ccc1C. The Bertz CT molecular complexity index is 541. The second-order valence-electron chi connectivity index (χ2n) is 4.29. The van der Waals surface area contributed by atoms with Gasteiger partial charge in [-0.15, -0.1) is 0 Å². The number of nitrogens with one attached hydrogen (secondary N) is 2. The summed E-state index contributed by atoms with van der Waals surface area (Å²) in [6, 6.07) is 5.11. The lowest BCUT2D eigenvalue weighted by molar-refractivity contribution is 0.374. The lowest BCUT2D eigenvalue weighted by atomic mass is 10.1. The van der Waals surface area contributed by atoms with Crippen LogP contribution < -0.4 is 10.7 Å². The molecule has 1 atom stereocenters. The molecule has 19 heavy (non-hydrogen) atoms. The van der Waals surface area contributed by atoms with Gasteiger partial charge >= 0.3 is 0 Å². The average molecular weight is 279 g/mol. The summed E-state index contributed by atoms with van der Waals surface area (Å²) in [6.45, 7) is 7.08. The number of nitrogens with zero attached hydrogens (tertiary/aromatic N) is 2. The van der Waals surface area contributed by atoms with Crippen molar-refractivity contribution in [2.24, 2.45) is 10.1 Å². The van der Waals surface area contributed by atoms with Crippen molar-refractivity contribution < 1.29 is 8.76 Å². The molecule has 1 heterocycles. The fraction of sp³-hybridized carbons (Fsp3) is 0.333. The van der Waals surface area contributed by atoms with Gasteiger partial charge in [-0.2, -0.15) is 5.10 Å². The van der Waals surface area contributed by atoms with E-state index >= 15 is 0 Å². The maximum atomic E-state index is 11.0. The Morgan fingerprint density at radius 3 is 2.84 bits per heavy atom. The van der Waals surface area contributed by atoms with Crippen LogP contribution in [0.25, 0.3) is 0 Å². The molecule has 1 unspecified atom stereocenters. The Balaban J connectivity index is 2.27. The van der Waals surface area contributed by atoms with Crippen molar-refractivity contribution in [3.8, 4) is 0 Å². The van der Waals surface area contributed by atoms with Crippen molar-refractivity contribution in [2.75, 3.05) is 13.1 Å². The lowest BCUT2D eigenvalue weighted by Crippen LogP contribution is -2.53. The maximum Gasteiger partial charge on any atom is 0.178 e. The van der Waals surface area contributed by atoms with E-state index in [1.807, 2.05) is 6.92 Å². The molecular formula is C12H15N4O2S-. The molecule has 1 aromatic rings. The van der Waals surface area contributed by atoms with Crippen molar-refractivity contribution in [3.63, 3.8) is 0 Å². The molecule has 2 N–H and O–H groups in total. The minimum atomic E-state index is -2.27. The van der Waals surface area contributed by atoms with Gasteiger partial charge in [0.25, 0.3) is 0 Å². The van der Waals surface area contributed by atoms with Crippen LogP contribution in [0.5, 0.6) is 0 Å². The summed E-state index contributed by atoms with van der Waals surface area (Å²) < 4.78 is 22.0. The normalized spacial score (nSPS) is 17.7. The number of rotatable bonds is 4. The third-order valence-electron chi connectivity index (χ3n) is 2.93. The van der Waals surface area contributed by atoms with Crippen LogP contribution in [-0.4, -0.2) is 40.4 Å². The van der Waals surface area contributed by atoms with E-state index in [1.165, 1.54) is 0 Å². The summed E-state index contributed by atoms with van der Waals surface area (Å²) in [5.74, 6) is 0.400. The molecule has 2 rings (SSSR count).